The van der Waals surface area contributed by atoms with Gasteiger partial charge in [-0.1, -0.05) is 0 Å². The summed E-state index contributed by atoms with van der Waals surface area (Å²) in [5, 5.41) is 2.61. The van der Waals surface area contributed by atoms with Crippen LogP contribution in [0.1, 0.15) is 31.9 Å². The van der Waals surface area contributed by atoms with Crippen LogP contribution in [0.5, 0.6) is 5.88 Å². The third-order valence-corrected chi connectivity index (χ3v) is 5.06. The zero-order chi connectivity index (χ0) is 19.1. The maximum absolute atomic E-state index is 13.5. The summed E-state index contributed by atoms with van der Waals surface area (Å²) in [6.07, 6.45) is -5.27. The summed E-state index contributed by atoms with van der Waals surface area (Å²) < 4.78 is 69.3. The molecule has 0 saturated heterocycles. The zero-order valence-electron chi connectivity index (χ0n) is 13.9. The van der Waals surface area contributed by atoms with Crippen molar-refractivity contribution < 1.29 is 31.5 Å². The molecule has 0 radical (unpaired) electrons. The molecule has 5 nitrogen and oxygen atoms in total. The Morgan fingerprint density at radius 2 is 2.12 bits per heavy atom. The summed E-state index contributed by atoms with van der Waals surface area (Å²) in [6, 6.07) is 1.21. The van der Waals surface area contributed by atoms with Gasteiger partial charge >= 0.3 is 6.18 Å². The van der Waals surface area contributed by atoms with Gasteiger partial charge in [0, 0.05) is 24.3 Å². The van der Waals surface area contributed by atoms with Crippen LogP contribution in [-0.2, 0) is 11.3 Å². The van der Waals surface area contributed by atoms with Gasteiger partial charge in [-0.05, 0) is 25.7 Å². The van der Waals surface area contributed by atoms with Crippen molar-refractivity contribution in [1.82, 2.24) is 15.3 Å². The van der Waals surface area contributed by atoms with E-state index in [0.717, 1.165) is 13.3 Å². The highest BCUT2D eigenvalue weighted by atomic mass is 19.4. The molecular formula is C16H18F5N3O2. The van der Waals surface area contributed by atoms with E-state index in [4.69, 9.17) is 4.74 Å². The monoisotopic (exact) mass is 379 g/mol. The van der Waals surface area contributed by atoms with E-state index in [1.807, 2.05) is 0 Å². The number of carbonyl (C=O) groups is 1. The minimum Gasteiger partial charge on any atom is -0.465 e. The molecule has 2 aliphatic rings. The predicted molar refractivity (Wildman–Crippen MR) is 79.3 cm³/mol. The molecule has 10 heteroatoms. The number of carbonyl (C=O) groups excluding carboxylic acids is 1. The van der Waals surface area contributed by atoms with Crippen molar-refractivity contribution in [2.75, 3.05) is 0 Å². The van der Waals surface area contributed by atoms with Gasteiger partial charge in [-0.15, -0.1) is 0 Å². The van der Waals surface area contributed by atoms with Crippen molar-refractivity contribution in [3.8, 4) is 5.88 Å². The largest absolute Gasteiger partial charge is 0.465 e. The number of aromatic nitrogens is 2. The molecule has 2 aliphatic carbocycles. The number of fused-ring (bicyclic) bond motifs is 2. The van der Waals surface area contributed by atoms with E-state index in [1.54, 1.807) is 0 Å². The van der Waals surface area contributed by atoms with Crippen LogP contribution >= 0.6 is 0 Å². The maximum Gasteiger partial charge on any atom is 0.425 e. The molecule has 1 N–H and O–H groups in total. The maximum atomic E-state index is 13.5. The summed E-state index contributed by atoms with van der Waals surface area (Å²) in [7, 11) is 0. The smallest absolute Gasteiger partial charge is 0.425 e. The van der Waals surface area contributed by atoms with Gasteiger partial charge in [-0.3, -0.25) is 4.79 Å². The first-order valence-corrected chi connectivity index (χ1v) is 8.26. The molecule has 1 aromatic heterocycles. The van der Waals surface area contributed by atoms with Crippen LogP contribution < -0.4 is 10.1 Å². The fraction of sp³-hybridized carbons (Fsp3) is 0.688. The molecule has 0 unspecified atom stereocenters. The van der Waals surface area contributed by atoms with Crippen LogP contribution in [0.2, 0.25) is 0 Å². The van der Waals surface area contributed by atoms with E-state index in [0.29, 0.717) is 6.42 Å². The molecule has 144 valence electrons. The normalized spacial score (nSPS) is 28.0. The minimum absolute atomic E-state index is 0.0393. The SMILES string of the molecule is C[C@@H](Oc1cc(CNC(=O)[C@@H]2C[C@H]3C[C@@H]2CC3(F)F)ncn1)C(F)(F)F. The van der Waals surface area contributed by atoms with Gasteiger partial charge in [0.15, 0.2) is 6.10 Å². The van der Waals surface area contributed by atoms with Gasteiger partial charge in [0.1, 0.15) is 6.33 Å². The third kappa shape index (κ3) is 3.88. The molecule has 2 fully saturated rings. The molecular weight excluding hydrogens is 361 g/mol. The number of hydrogen-bond acceptors (Lipinski definition) is 4. The van der Waals surface area contributed by atoms with Crippen molar-refractivity contribution in [2.24, 2.45) is 17.8 Å². The van der Waals surface area contributed by atoms with Crippen molar-refractivity contribution >= 4 is 5.91 Å². The van der Waals surface area contributed by atoms with E-state index in [1.165, 1.54) is 6.07 Å². The fourth-order valence-corrected chi connectivity index (χ4v) is 3.63. The second-order valence-electron chi connectivity index (χ2n) is 6.87. The first-order chi connectivity index (χ1) is 12.1. The second-order valence-corrected chi connectivity index (χ2v) is 6.87. The molecule has 1 heterocycles. The van der Waals surface area contributed by atoms with Crippen LogP contribution in [0.25, 0.3) is 0 Å². The topological polar surface area (TPSA) is 64.1 Å². The predicted octanol–water partition coefficient (Wildman–Crippen LogP) is 3.10. The molecule has 4 atom stereocenters. The van der Waals surface area contributed by atoms with E-state index < -0.39 is 30.0 Å². The highest BCUT2D eigenvalue weighted by Gasteiger charge is 2.58. The lowest BCUT2D eigenvalue weighted by Crippen LogP contribution is -2.37. The Kier molecular flexibility index (Phi) is 4.78. The Morgan fingerprint density at radius 1 is 1.38 bits per heavy atom. The number of nitrogens with zero attached hydrogens (tertiary/aromatic N) is 2. The molecule has 0 aliphatic heterocycles. The van der Waals surface area contributed by atoms with Crippen molar-refractivity contribution in [3.63, 3.8) is 0 Å². The summed E-state index contributed by atoms with van der Waals surface area (Å²) in [5.41, 5.74) is 0.270. The summed E-state index contributed by atoms with van der Waals surface area (Å²) in [4.78, 5) is 19.7. The van der Waals surface area contributed by atoms with Crippen LogP contribution in [0.3, 0.4) is 0 Å². The number of alkyl halides is 5. The van der Waals surface area contributed by atoms with E-state index in [2.05, 4.69) is 15.3 Å². The van der Waals surface area contributed by atoms with Gasteiger partial charge in [0.05, 0.1) is 12.2 Å². The number of rotatable bonds is 5. The Morgan fingerprint density at radius 3 is 2.69 bits per heavy atom. The highest BCUT2D eigenvalue weighted by molar-refractivity contribution is 5.79. The summed E-state index contributed by atoms with van der Waals surface area (Å²) in [5.74, 6) is -4.80. The molecule has 2 saturated carbocycles. The quantitative estimate of drug-likeness (QED) is 0.799. The highest BCUT2D eigenvalue weighted by Crippen LogP contribution is 2.56. The van der Waals surface area contributed by atoms with Crippen LogP contribution in [-0.4, -0.2) is 34.1 Å². The van der Waals surface area contributed by atoms with Gasteiger partial charge in [-0.2, -0.15) is 13.2 Å². The van der Waals surface area contributed by atoms with E-state index in [-0.39, 0.29) is 42.8 Å². The molecule has 0 aromatic carbocycles. The lowest BCUT2D eigenvalue weighted by molar-refractivity contribution is -0.190. The standard InChI is InChI=1S/C16H18F5N3O2/c1-8(16(19,20)21)26-13-4-11(23-7-24-13)6-22-14(25)12-3-10-2-9(12)5-15(10,17)18/h4,7-10,12H,2-3,5-6H2,1H3,(H,22,25)/t8-,9-,10-,12-/m1/s1. The average molecular weight is 379 g/mol. The van der Waals surface area contributed by atoms with Crippen LogP contribution in [0.15, 0.2) is 12.4 Å². The van der Waals surface area contributed by atoms with Gasteiger partial charge in [0.2, 0.25) is 11.8 Å². The lowest BCUT2D eigenvalue weighted by atomic mass is 9.86. The Hall–Kier alpha value is -2.00. The summed E-state index contributed by atoms with van der Waals surface area (Å²) in [6.45, 7) is 0.816. The zero-order valence-corrected chi connectivity index (χ0v) is 13.9. The van der Waals surface area contributed by atoms with Crippen LogP contribution in [0, 0.1) is 17.8 Å². The molecule has 3 rings (SSSR count). The van der Waals surface area contributed by atoms with E-state index in [9.17, 15) is 26.7 Å². The lowest BCUT2D eigenvalue weighted by Gasteiger charge is -2.26. The number of ether oxygens (including phenoxy) is 1. The minimum atomic E-state index is -4.52. The van der Waals surface area contributed by atoms with Crippen LogP contribution in [0.4, 0.5) is 22.0 Å². The molecule has 1 aromatic rings. The van der Waals surface area contributed by atoms with E-state index >= 15 is 0 Å². The van der Waals surface area contributed by atoms with Gasteiger partial charge < -0.3 is 10.1 Å². The number of halogens is 5. The average Bonchev–Trinajstić information content (AvgIpc) is 3.08. The number of hydrogen-bond donors (Lipinski definition) is 1. The van der Waals surface area contributed by atoms with Crippen molar-refractivity contribution in [1.29, 1.82) is 0 Å². The molecule has 2 bridgehead atoms. The third-order valence-electron chi connectivity index (χ3n) is 5.06. The Balaban J connectivity index is 1.54. The van der Waals surface area contributed by atoms with Gasteiger partial charge in [-0.25, -0.2) is 18.7 Å². The van der Waals surface area contributed by atoms with Crippen molar-refractivity contribution in [3.05, 3.63) is 18.1 Å². The Labute approximate surface area is 146 Å². The molecule has 26 heavy (non-hydrogen) atoms. The molecule has 1 amide bonds. The summed E-state index contributed by atoms with van der Waals surface area (Å²) >= 11 is 0. The van der Waals surface area contributed by atoms with Crippen molar-refractivity contribution in [2.45, 2.75) is 50.9 Å². The first kappa shape index (κ1) is 18.8. The number of nitrogens with one attached hydrogen (secondary N) is 1. The Bertz CT molecular complexity index is 682. The second kappa shape index (κ2) is 6.62. The molecule has 0 spiro atoms. The number of amides is 1. The fourth-order valence-electron chi connectivity index (χ4n) is 3.63. The van der Waals surface area contributed by atoms with Gasteiger partial charge in [0.25, 0.3) is 5.92 Å². The first-order valence-electron chi connectivity index (χ1n) is 8.26.